The highest BCUT2D eigenvalue weighted by molar-refractivity contribution is 5.90. The quantitative estimate of drug-likeness (QED) is 0.663. The van der Waals surface area contributed by atoms with E-state index in [0.717, 1.165) is 31.9 Å². The van der Waals surface area contributed by atoms with Gasteiger partial charge in [0.2, 0.25) is 5.91 Å². The molecule has 1 aliphatic heterocycles. The van der Waals surface area contributed by atoms with Crippen molar-refractivity contribution in [2.45, 2.75) is 20.3 Å². The summed E-state index contributed by atoms with van der Waals surface area (Å²) >= 11 is 0. The molecule has 2 aromatic rings. The molecule has 3 rings (SSSR count). The molecule has 0 aliphatic carbocycles. The van der Waals surface area contributed by atoms with Crippen LogP contribution in [0.15, 0.2) is 54.6 Å². The lowest BCUT2D eigenvalue weighted by atomic mass is 10.1. The fraction of sp³-hybridized carbons (Fsp3) is 0.375. The summed E-state index contributed by atoms with van der Waals surface area (Å²) in [6, 6.07) is 16.6. The lowest BCUT2D eigenvalue weighted by Crippen LogP contribution is -3.28. The van der Waals surface area contributed by atoms with Crippen LogP contribution in [0.4, 0.5) is 5.69 Å². The molecule has 0 saturated carbocycles. The molecule has 1 amide bonds. The molecular weight excluding hydrogens is 346 g/mol. The Kier molecular flexibility index (Phi) is 7.40. The molecule has 0 spiro atoms. The van der Waals surface area contributed by atoms with Crippen LogP contribution >= 0.6 is 0 Å². The highest BCUT2D eigenvalue weighted by Gasteiger charge is 2.22. The first kappa shape index (κ1) is 20.3. The van der Waals surface area contributed by atoms with Crippen LogP contribution in [0.3, 0.4) is 0 Å². The number of aryl methyl sites for hydroxylation is 2. The molecule has 3 N–H and O–H groups in total. The summed E-state index contributed by atoms with van der Waals surface area (Å²) in [5.41, 5.74) is 4.63. The zero-order chi connectivity index (χ0) is 19.8. The van der Waals surface area contributed by atoms with Crippen LogP contribution in [0.1, 0.15) is 23.1 Å². The Labute approximate surface area is 168 Å². The molecule has 0 aromatic heterocycles. The Bertz CT molecular complexity index is 793. The van der Waals surface area contributed by atoms with Gasteiger partial charge >= 0.3 is 0 Å². The van der Waals surface area contributed by atoms with Gasteiger partial charge in [-0.2, -0.15) is 0 Å². The Morgan fingerprint density at radius 3 is 2.39 bits per heavy atom. The summed E-state index contributed by atoms with van der Waals surface area (Å²) in [7, 11) is 0. The number of carbonyl (C=O) groups is 1. The van der Waals surface area contributed by atoms with Gasteiger partial charge in [0.05, 0.1) is 19.5 Å². The molecule has 0 unspecified atom stereocenters. The maximum absolute atomic E-state index is 12.3. The molecule has 4 nitrogen and oxygen atoms in total. The third-order valence-electron chi connectivity index (χ3n) is 5.68. The average molecular weight is 380 g/mol. The number of rotatable bonds is 7. The highest BCUT2D eigenvalue weighted by Crippen LogP contribution is 2.14. The molecule has 1 aliphatic rings. The maximum Gasteiger partial charge on any atom is 0.230 e. The van der Waals surface area contributed by atoms with Crippen LogP contribution in [0.2, 0.25) is 0 Å². The van der Waals surface area contributed by atoms with Crippen molar-refractivity contribution in [1.82, 2.24) is 0 Å². The Balaban J connectivity index is 1.34. The normalized spacial score (nSPS) is 19.6. The number of hydrogen-bond acceptors (Lipinski definition) is 1. The van der Waals surface area contributed by atoms with Crippen molar-refractivity contribution in [1.29, 1.82) is 0 Å². The van der Waals surface area contributed by atoms with E-state index in [2.05, 4.69) is 61.6 Å². The van der Waals surface area contributed by atoms with Crippen LogP contribution in [-0.4, -0.2) is 45.2 Å². The summed E-state index contributed by atoms with van der Waals surface area (Å²) in [6.07, 6.45) is 5.08. The number of quaternary nitrogens is 2. The third kappa shape index (κ3) is 6.32. The fourth-order valence-corrected chi connectivity index (χ4v) is 3.67. The Hall–Kier alpha value is -2.43. The molecule has 1 saturated heterocycles. The minimum absolute atomic E-state index is 0.122. The van der Waals surface area contributed by atoms with Gasteiger partial charge in [-0.15, -0.1) is 0 Å². The van der Waals surface area contributed by atoms with E-state index >= 15 is 0 Å². The first-order valence-corrected chi connectivity index (χ1v) is 10.4. The summed E-state index contributed by atoms with van der Waals surface area (Å²) in [6.45, 7) is 10.8. The second-order valence-corrected chi connectivity index (χ2v) is 7.86. The van der Waals surface area contributed by atoms with Crippen molar-refractivity contribution in [2.24, 2.45) is 0 Å². The predicted octanol–water partition coefficient (Wildman–Crippen LogP) is 1.13. The van der Waals surface area contributed by atoms with E-state index in [1.165, 1.54) is 29.8 Å². The van der Waals surface area contributed by atoms with Crippen molar-refractivity contribution in [3.05, 3.63) is 71.3 Å². The zero-order valence-electron chi connectivity index (χ0n) is 17.1. The van der Waals surface area contributed by atoms with Gasteiger partial charge in [0.1, 0.15) is 26.2 Å². The van der Waals surface area contributed by atoms with Crippen LogP contribution in [0, 0.1) is 13.8 Å². The van der Waals surface area contributed by atoms with E-state index < -0.39 is 0 Å². The molecule has 1 heterocycles. The smallest absolute Gasteiger partial charge is 0.230 e. The van der Waals surface area contributed by atoms with Gasteiger partial charge in [-0.3, -0.25) is 4.79 Å². The van der Waals surface area contributed by atoms with Gasteiger partial charge in [-0.1, -0.05) is 42.5 Å². The number of benzene rings is 2. The number of hydrogen-bond donors (Lipinski definition) is 3. The molecule has 0 bridgehead atoms. The van der Waals surface area contributed by atoms with E-state index in [-0.39, 0.29) is 5.91 Å². The molecule has 1 fully saturated rings. The minimum atomic E-state index is 0.122. The lowest BCUT2D eigenvalue weighted by Gasteiger charge is -2.29. The molecular formula is C24H33N3O+2. The minimum Gasteiger partial charge on any atom is -0.326 e. The van der Waals surface area contributed by atoms with Gasteiger partial charge in [0, 0.05) is 5.69 Å². The fourth-order valence-electron chi connectivity index (χ4n) is 3.67. The predicted molar refractivity (Wildman–Crippen MR) is 116 cm³/mol. The van der Waals surface area contributed by atoms with Crippen molar-refractivity contribution in [3.8, 4) is 0 Å². The van der Waals surface area contributed by atoms with E-state index in [1.807, 2.05) is 18.2 Å². The number of nitrogens with one attached hydrogen (secondary N) is 3. The topological polar surface area (TPSA) is 38.0 Å². The van der Waals surface area contributed by atoms with E-state index in [0.29, 0.717) is 6.42 Å². The van der Waals surface area contributed by atoms with E-state index in [9.17, 15) is 4.79 Å². The van der Waals surface area contributed by atoms with Gasteiger partial charge in [0.15, 0.2) is 0 Å². The molecule has 2 aromatic carbocycles. The molecule has 0 radical (unpaired) electrons. The summed E-state index contributed by atoms with van der Waals surface area (Å²) in [5.74, 6) is 0.122. The van der Waals surface area contributed by atoms with Crippen LogP contribution in [0.5, 0.6) is 0 Å². The van der Waals surface area contributed by atoms with Crippen molar-refractivity contribution in [3.63, 3.8) is 0 Å². The van der Waals surface area contributed by atoms with Gasteiger partial charge in [-0.05, 0) is 48.7 Å². The van der Waals surface area contributed by atoms with E-state index in [1.54, 1.807) is 9.80 Å². The number of piperazine rings is 1. The largest absolute Gasteiger partial charge is 0.326 e. The average Bonchev–Trinajstić information content (AvgIpc) is 2.71. The summed E-state index contributed by atoms with van der Waals surface area (Å²) < 4.78 is 0. The maximum atomic E-state index is 12.3. The molecule has 0 atom stereocenters. The molecule has 4 heteroatoms. The third-order valence-corrected chi connectivity index (χ3v) is 5.68. The van der Waals surface area contributed by atoms with Gasteiger partial charge in [0.25, 0.3) is 0 Å². The number of amides is 1. The second kappa shape index (κ2) is 10.2. The Morgan fingerprint density at radius 1 is 0.964 bits per heavy atom. The van der Waals surface area contributed by atoms with Crippen LogP contribution in [-0.2, 0) is 4.79 Å². The summed E-state index contributed by atoms with van der Waals surface area (Å²) in [4.78, 5) is 15.4. The number of carbonyl (C=O) groups excluding carboxylic acids is 1. The first-order valence-electron chi connectivity index (χ1n) is 10.4. The van der Waals surface area contributed by atoms with Crippen LogP contribution < -0.4 is 15.1 Å². The standard InChI is InChI=1S/C24H31N3O/c1-20-10-11-23(19-21(20)2)25-24(28)12-14-27-17-15-26(16-18-27)13-6-9-22-7-4-3-5-8-22/h3-11,19H,12-18H2,1-2H3,(H,25,28)/p+2. The molecule has 148 valence electrons. The van der Waals surface area contributed by atoms with Crippen molar-refractivity contribution in [2.75, 3.05) is 44.6 Å². The zero-order valence-corrected chi connectivity index (χ0v) is 17.1. The highest BCUT2D eigenvalue weighted by atomic mass is 16.1. The van der Waals surface area contributed by atoms with E-state index in [4.69, 9.17) is 0 Å². The SMILES string of the molecule is Cc1ccc(NC(=O)CC[NH+]2CC[NH+](CC=Cc3ccccc3)CC2)cc1C. The first-order chi connectivity index (χ1) is 13.6. The molecule has 28 heavy (non-hydrogen) atoms. The summed E-state index contributed by atoms with van der Waals surface area (Å²) in [5, 5.41) is 3.04. The van der Waals surface area contributed by atoms with Crippen LogP contribution in [0.25, 0.3) is 6.08 Å². The lowest BCUT2D eigenvalue weighted by molar-refractivity contribution is -1.01. The van der Waals surface area contributed by atoms with Crippen molar-refractivity contribution < 1.29 is 14.6 Å². The Morgan fingerprint density at radius 2 is 1.68 bits per heavy atom. The van der Waals surface area contributed by atoms with Gasteiger partial charge in [-0.25, -0.2) is 0 Å². The second-order valence-electron chi connectivity index (χ2n) is 7.86. The van der Waals surface area contributed by atoms with Gasteiger partial charge < -0.3 is 15.1 Å². The monoisotopic (exact) mass is 379 g/mol. The van der Waals surface area contributed by atoms with Crippen molar-refractivity contribution >= 4 is 17.7 Å². The number of anilines is 1.